The summed E-state index contributed by atoms with van der Waals surface area (Å²) in [6, 6.07) is 60.1. The van der Waals surface area contributed by atoms with Gasteiger partial charge in [0.05, 0.1) is 11.0 Å². The van der Waals surface area contributed by atoms with E-state index in [1.165, 1.54) is 92.2 Å². The maximum atomic E-state index is 2.48. The van der Waals surface area contributed by atoms with Crippen molar-refractivity contribution in [3.05, 3.63) is 182 Å². The van der Waals surface area contributed by atoms with Gasteiger partial charge in [0, 0.05) is 36.6 Å². The number of hydrogen-bond acceptors (Lipinski definition) is 1. The molecule has 0 saturated heterocycles. The Morgan fingerprint density at radius 3 is 1.78 bits per heavy atom. The summed E-state index contributed by atoms with van der Waals surface area (Å²) in [5.74, 6) is 0. The standard InChI is InChI=1S/C48H33NS/c1-2-9-32(10-3-1)36-11-8-12-37(29-36)39-23-27-46-43(30-39)41-13-4-6-15-45(41)49(46)40-25-21-34(22-26-40)33-17-19-35(20-18-33)38-24-28-48-44(31-38)42-14-5-7-16-47(42)50-48/h1-21,23-25,27-31H,22,26H2. The Bertz CT molecular complexity index is 2790. The second-order valence-corrected chi connectivity index (χ2v) is 14.4. The minimum Gasteiger partial charge on any atom is -0.313 e. The van der Waals surface area contributed by atoms with E-state index >= 15 is 0 Å². The van der Waals surface area contributed by atoms with Gasteiger partial charge in [0.2, 0.25) is 0 Å². The van der Waals surface area contributed by atoms with Crippen LogP contribution in [-0.2, 0) is 0 Å². The van der Waals surface area contributed by atoms with Crippen molar-refractivity contribution in [3.8, 4) is 33.4 Å². The number of rotatable bonds is 5. The van der Waals surface area contributed by atoms with E-state index in [2.05, 4.69) is 181 Å². The van der Waals surface area contributed by atoms with Crippen molar-refractivity contribution in [2.45, 2.75) is 12.8 Å². The Labute approximate surface area is 295 Å². The van der Waals surface area contributed by atoms with Gasteiger partial charge in [-0.2, -0.15) is 0 Å². The first-order chi connectivity index (χ1) is 24.8. The van der Waals surface area contributed by atoms with Gasteiger partial charge in [-0.25, -0.2) is 0 Å². The predicted molar refractivity (Wildman–Crippen MR) is 217 cm³/mol. The van der Waals surface area contributed by atoms with Crippen molar-refractivity contribution in [2.24, 2.45) is 0 Å². The highest BCUT2D eigenvalue weighted by atomic mass is 32.1. The fraction of sp³-hybridized carbons (Fsp3) is 0.0417. The van der Waals surface area contributed by atoms with Crippen molar-refractivity contribution in [3.63, 3.8) is 0 Å². The minimum absolute atomic E-state index is 0.990. The lowest BCUT2D eigenvalue weighted by atomic mass is 9.93. The molecule has 0 unspecified atom stereocenters. The van der Waals surface area contributed by atoms with Crippen LogP contribution in [-0.4, -0.2) is 4.57 Å². The van der Waals surface area contributed by atoms with Crippen LogP contribution in [0.4, 0.5) is 0 Å². The molecule has 2 heterocycles. The van der Waals surface area contributed by atoms with Crippen molar-refractivity contribution in [1.82, 2.24) is 4.57 Å². The molecule has 0 spiro atoms. The van der Waals surface area contributed by atoms with E-state index in [0.29, 0.717) is 0 Å². The molecule has 0 fully saturated rings. The molecule has 1 aliphatic carbocycles. The molecule has 50 heavy (non-hydrogen) atoms. The molecule has 0 amide bonds. The largest absolute Gasteiger partial charge is 0.313 e. The second-order valence-electron chi connectivity index (χ2n) is 13.3. The van der Waals surface area contributed by atoms with E-state index in [1.807, 2.05) is 11.3 Å². The number of benzene rings is 7. The normalized spacial score (nSPS) is 13.3. The van der Waals surface area contributed by atoms with E-state index in [-0.39, 0.29) is 0 Å². The van der Waals surface area contributed by atoms with Gasteiger partial charge >= 0.3 is 0 Å². The van der Waals surface area contributed by atoms with E-state index in [4.69, 9.17) is 0 Å². The zero-order valence-electron chi connectivity index (χ0n) is 27.5. The Morgan fingerprint density at radius 1 is 0.360 bits per heavy atom. The van der Waals surface area contributed by atoms with E-state index in [0.717, 1.165) is 12.8 Å². The molecule has 0 N–H and O–H groups in total. The Kier molecular flexibility index (Phi) is 6.89. The van der Waals surface area contributed by atoms with Gasteiger partial charge in [0.15, 0.2) is 0 Å². The first-order valence-corrected chi connectivity index (χ1v) is 18.2. The molecular weight excluding hydrogens is 623 g/mol. The minimum atomic E-state index is 0.990. The predicted octanol–water partition coefficient (Wildman–Crippen LogP) is 13.9. The van der Waals surface area contributed by atoms with Crippen LogP contribution in [0.3, 0.4) is 0 Å². The van der Waals surface area contributed by atoms with Crippen molar-refractivity contribution >= 4 is 64.6 Å². The molecule has 0 radical (unpaired) electrons. The van der Waals surface area contributed by atoms with Crippen LogP contribution in [0.25, 0.3) is 86.6 Å². The van der Waals surface area contributed by atoms with Gasteiger partial charge in [0.25, 0.3) is 0 Å². The second kappa shape index (κ2) is 11.9. The summed E-state index contributed by atoms with van der Waals surface area (Å²) >= 11 is 1.87. The van der Waals surface area contributed by atoms with Crippen LogP contribution >= 0.6 is 11.3 Å². The number of fused-ring (bicyclic) bond motifs is 6. The Hall–Kier alpha value is -5.96. The first-order valence-electron chi connectivity index (χ1n) is 17.4. The number of para-hydroxylation sites is 1. The summed E-state index contributed by atoms with van der Waals surface area (Å²) in [4.78, 5) is 0. The Morgan fingerprint density at radius 2 is 0.940 bits per heavy atom. The maximum Gasteiger partial charge on any atom is 0.0538 e. The van der Waals surface area contributed by atoms with Crippen LogP contribution in [0.5, 0.6) is 0 Å². The van der Waals surface area contributed by atoms with Crippen LogP contribution < -0.4 is 0 Å². The quantitative estimate of drug-likeness (QED) is 0.174. The van der Waals surface area contributed by atoms with E-state index in [9.17, 15) is 0 Å². The summed E-state index contributed by atoms with van der Waals surface area (Å²) in [5.41, 5.74) is 14.0. The number of nitrogens with zero attached hydrogens (tertiary/aromatic N) is 1. The summed E-state index contributed by atoms with van der Waals surface area (Å²) in [6.07, 6.45) is 6.67. The Balaban J connectivity index is 0.974. The molecule has 2 aromatic heterocycles. The summed E-state index contributed by atoms with van der Waals surface area (Å²) in [7, 11) is 0. The first kappa shape index (κ1) is 29.0. The fourth-order valence-corrected chi connectivity index (χ4v) is 8.89. The number of thiophene rings is 1. The molecule has 1 nitrogen and oxygen atoms in total. The van der Waals surface area contributed by atoms with Gasteiger partial charge in [-0.1, -0.05) is 127 Å². The fourth-order valence-electron chi connectivity index (χ4n) is 7.81. The molecule has 7 aromatic carbocycles. The molecule has 236 valence electrons. The highest BCUT2D eigenvalue weighted by Gasteiger charge is 2.17. The molecule has 2 heteroatoms. The number of aromatic nitrogens is 1. The number of hydrogen-bond donors (Lipinski definition) is 0. The zero-order chi connectivity index (χ0) is 33.0. The zero-order valence-corrected chi connectivity index (χ0v) is 28.3. The summed E-state index contributed by atoms with van der Waals surface area (Å²) in [6.45, 7) is 0. The molecule has 0 saturated carbocycles. The van der Waals surface area contributed by atoms with Crippen LogP contribution in [0.1, 0.15) is 18.4 Å². The van der Waals surface area contributed by atoms with E-state index < -0.39 is 0 Å². The molecule has 0 atom stereocenters. The van der Waals surface area contributed by atoms with Crippen molar-refractivity contribution in [1.29, 1.82) is 0 Å². The molecule has 0 aliphatic heterocycles. The van der Waals surface area contributed by atoms with Crippen LogP contribution in [0.15, 0.2) is 176 Å². The molecular formula is C48H33NS. The molecule has 1 aliphatic rings. The van der Waals surface area contributed by atoms with Gasteiger partial charge in [-0.05, 0) is 106 Å². The molecule has 10 rings (SSSR count). The highest BCUT2D eigenvalue weighted by molar-refractivity contribution is 7.25. The maximum absolute atomic E-state index is 2.48. The lowest BCUT2D eigenvalue weighted by molar-refractivity contribution is 0.992. The highest BCUT2D eigenvalue weighted by Crippen LogP contribution is 2.40. The monoisotopic (exact) mass is 655 g/mol. The SMILES string of the molecule is C1=C(c2ccc(-c3ccc4sc5ccccc5c4c3)cc2)CCC(n2c3ccccc3c3cc(-c4cccc(-c5ccccc5)c4)ccc32)=C1. The summed E-state index contributed by atoms with van der Waals surface area (Å²) in [5, 5.41) is 5.28. The smallest absolute Gasteiger partial charge is 0.0538 e. The van der Waals surface area contributed by atoms with Gasteiger partial charge in [0.1, 0.15) is 0 Å². The topological polar surface area (TPSA) is 4.93 Å². The summed E-state index contributed by atoms with van der Waals surface area (Å²) < 4.78 is 5.18. The van der Waals surface area contributed by atoms with Crippen molar-refractivity contribution < 1.29 is 0 Å². The van der Waals surface area contributed by atoms with Crippen LogP contribution in [0.2, 0.25) is 0 Å². The number of allylic oxidation sites excluding steroid dienone is 4. The lowest BCUT2D eigenvalue weighted by Crippen LogP contribution is -2.01. The van der Waals surface area contributed by atoms with E-state index in [1.54, 1.807) is 0 Å². The van der Waals surface area contributed by atoms with Crippen LogP contribution in [0, 0.1) is 0 Å². The lowest BCUT2D eigenvalue weighted by Gasteiger charge is -2.18. The van der Waals surface area contributed by atoms with Gasteiger partial charge in [-0.15, -0.1) is 11.3 Å². The molecule has 0 bridgehead atoms. The average molecular weight is 656 g/mol. The van der Waals surface area contributed by atoms with Gasteiger partial charge < -0.3 is 4.57 Å². The third kappa shape index (κ3) is 4.91. The van der Waals surface area contributed by atoms with Gasteiger partial charge in [-0.3, -0.25) is 0 Å². The third-order valence-electron chi connectivity index (χ3n) is 10.4. The molecule has 9 aromatic rings. The van der Waals surface area contributed by atoms with Crippen molar-refractivity contribution in [2.75, 3.05) is 0 Å². The third-order valence-corrected chi connectivity index (χ3v) is 11.5. The average Bonchev–Trinajstić information content (AvgIpc) is 3.73.